The predicted molar refractivity (Wildman–Crippen MR) is 77.9 cm³/mol. The number of aliphatic imine (C=N–C) groups is 1. The summed E-state index contributed by atoms with van der Waals surface area (Å²) >= 11 is 1.80. The first kappa shape index (κ1) is 13.0. The van der Waals surface area contributed by atoms with Crippen molar-refractivity contribution in [2.75, 3.05) is 11.9 Å². The lowest BCUT2D eigenvalue weighted by atomic mass is 10.1. The summed E-state index contributed by atoms with van der Waals surface area (Å²) in [5.41, 5.74) is 1.60. The molecular formula is C14H17N3S. The first-order chi connectivity index (χ1) is 8.67. The van der Waals surface area contributed by atoms with E-state index in [-0.39, 0.29) is 0 Å². The van der Waals surface area contributed by atoms with E-state index >= 15 is 0 Å². The van der Waals surface area contributed by atoms with Crippen LogP contribution in [0.2, 0.25) is 0 Å². The molecule has 4 heteroatoms. The molecule has 0 aromatic heterocycles. The zero-order valence-electron chi connectivity index (χ0n) is 10.7. The summed E-state index contributed by atoms with van der Waals surface area (Å²) in [6.45, 7) is 5.37. The number of nitriles is 1. The quantitative estimate of drug-likeness (QED) is 0.904. The predicted octanol–water partition coefficient (Wildman–Crippen LogP) is 3.49. The summed E-state index contributed by atoms with van der Waals surface area (Å²) in [5.74, 6) is 0.707. The summed E-state index contributed by atoms with van der Waals surface area (Å²) in [7, 11) is 0. The van der Waals surface area contributed by atoms with E-state index in [4.69, 9.17) is 5.26 Å². The highest BCUT2D eigenvalue weighted by Crippen LogP contribution is 2.27. The Kier molecular flexibility index (Phi) is 4.27. The van der Waals surface area contributed by atoms with Gasteiger partial charge in [0.1, 0.15) is 0 Å². The minimum atomic E-state index is 0.589. The van der Waals surface area contributed by atoms with Gasteiger partial charge in [-0.3, -0.25) is 4.99 Å². The second-order valence-electron chi connectivity index (χ2n) is 4.83. The third-order valence-electron chi connectivity index (χ3n) is 2.69. The highest BCUT2D eigenvalue weighted by atomic mass is 32.2. The summed E-state index contributed by atoms with van der Waals surface area (Å²) in [4.78, 5) is 4.51. The number of amidine groups is 1. The van der Waals surface area contributed by atoms with Crippen molar-refractivity contribution >= 4 is 22.6 Å². The SMILES string of the molecule is CC(C)CC1CN=C(Nc2cccc(C#N)c2)S1. The van der Waals surface area contributed by atoms with Gasteiger partial charge >= 0.3 is 0 Å². The Labute approximate surface area is 112 Å². The van der Waals surface area contributed by atoms with Crippen molar-refractivity contribution in [3.05, 3.63) is 29.8 Å². The molecule has 2 rings (SSSR count). The van der Waals surface area contributed by atoms with Gasteiger partial charge in [-0.15, -0.1) is 0 Å². The number of hydrogen-bond acceptors (Lipinski definition) is 4. The van der Waals surface area contributed by atoms with Crippen LogP contribution in [0.25, 0.3) is 0 Å². The van der Waals surface area contributed by atoms with Crippen LogP contribution in [0.3, 0.4) is 0 Å². The van der Waals surface area contributed by atoms with Gasteiger partial charge in [0.05, 0.1) is 18.2 Å². The van der Waals surface area contributed by atoms with Crippen molar-refractivity contribution in [2.45, 2.75) is 25.5 Å². The molecule has 0 aliphatic carbocycles. The van der Waals surface area contributed by atoms with E-state index in [0.717, 1.165) is 17.4 Å². The standard InChI is InChI=1S/C14H17N3S/c1-10(2)6-13-9-16-14(18-13)17-12-5-3-4-11(7-12)8-15/h3-5,7,10,13H,6,9H2,1-2H3,(H,16,17). The smallest absolute Gasteiger partial charge is 0.161 e. The molecule has 18 heavy (non-hydrogen) atoms. The Bertz CT molecular complexity index is 488. The third kappa shape index (κ3) is 3.51. The van der Waals surface area contributed by atoms with Crippen LogP contribution in [0.5, 0.6) is 0 Å². The average Bonchev–Trinajstić information content (AvgIpc) is 2.76. The van der Waals surface area contributed by atoms with Gasteiger partial charge in [0.15, 0.2) is 5.17 Å². The largest absolute Gasteiger partial charge is 0.335 e. The van der Waals surface area contributed by atoms with Crippen molar-refractivity contribution in [3.8, 4) is 6.07 Å². The molecule has 0 fully saturated rings. The molecule has 1 heterocycles. The maximum Gasteiger partial charge on any atom is 0.161 e. The van der Waals surface area contributed by atoms with Crippen LogP contribution in [-0.4, -0.2) is 17.0 Å². The molecule has 0 bridgehead atoms. The maximum absolute atomic E-state index is 8.85. The summed E-state index contributed by atoms with van der Waals surface area (Å²) in [6, 6.07) is 9.63. The zero-order valence-corrected chi connectivity index (χ0v) is 11.5. The molecule has 1 aliphatic heterocycles. The lowest BCUT2D eigenvalue weighted by molar-refractivity contribution is 0.575. The number of thioether (sulfide) groups is 1. The zero-order chi connectivity index (χ0) is 13.0. The van der Waals surface area contributed by atoms with Crippen LogP contribution >= 0.6 is 11.8 Å². The summed E-state index contributed by atoms with van der Waals surface area (Å²) in [6.07, 6.45) is 1.19. The molecule has 1 unspecified atom stereocenters. The average molecular weight is 259 g/mol. The Morgan fingerprint density at radius 3 is 3.11 bits per heavy atom. The Morgan fingerprint density at radius 1 is 1.56 bits per heavy atom. The number of benzene rings is 1. The number of hydrogen-bond donors (Lipinski definition) is 1. The molecule has 0 spiro atoms. The molecule has 0 radical (unpaired) electrons. The maximum atomic E-state index is 8.85. The molecule has 1 N–H and O–H groups in total. The van der Waals surface area contributed by atoms with E-state index < -0.39 is 0 Å². The van der Waals surface area contributed by atoms with Crippen LogP contribution < -0.4 is 5.32 Å². The van der Waals surface area contributed by atoms with Gasteiger partial charge in [-0.1, -0.05) is 31.7 Å². The fourth-order valence-electron chi connectivity index (χ4n) is 1.92. The minimum Gasteiger partial charge on any atom is -0.335 e. The van der Waals surface area contributed by atoms with Crippen LogP contribution in [-0.2, 0) is 0 Å². The number of rotatable bonds is 3. The molecule has 1 aromatic rings. The highest BCUT2D eigenvalue weighted by molar-refractivity contribution is 8.15. The van der Waals surface area contributed by atoms with E-state index in [2.05, 4.69) is 30.2 Å². The first-order valence-corrected chi connectivity index (χ1v) is 7.03. The molecule has 0 saturated heterocycles. The summed E-state index contributed by atoms with van der Waals surface area (Å²) in [5, 5.41) is 13.7. The topological polar surface area (TPSA) is 48.2 Å². The van der Waals surface area contributed by atoms with Gasteiger partial charge in [0, 0.05) is 10.9 Å². The number of nitrogens with zero attached hydrogens (tertiary/aromatic N) is 2. The van der Waals surface area contributed by atoms with Crippen molar-refractivity contribution in [3.63, 3.8) is 0 Å². The molecule has 94 valence electrons. The molecular weight excluding hydrogens is 242 g/mol. The van der Waals surface area contributed by atoms with Crippen molar-refractivity contribution in [1.82, 2.24) is 0 Å². The molecule has 0 saturated carbocycles. The van der Waals surface area contributed by atoms with E-state index in [1.165, 1.54) is 6.42 Å². The van der Waals surface area contributed by atoms with Crippen molar-refractivity contribution in [1.29, 1.82) is 5.26 Å². The Balaban J connectivity index is 1.93. The third-order valence-corrected chi connectivity index (χ3v) is 3.82. The second kappa shape index (κ2) is 5.92. The normalized spacial score (nSPS) is 18.6. The van der Waals surface area contributed by atoms with E-state index in [9.17, 15) is 0 Å². The minimum absolute atomic E-state index is 0.589. The summed E-state index contributed by atoms with van der Waals surface area (Å²) < 4.78 is 0. The molecule has 0 amide bonds. The van der Waals surface area contributed by atoms with Crippen molar-refractivity contribution in [2.24, 2.45) is 10.9 Å². The van der Waals surface area contributed by atoms with Crippen LogP contribution in [0.15, 0.2) is 29.3 Å². The lowest BCUT2D eigenvalue weighted by Gasteiger charge is -2.11. The lowest BCUT2D eigenvalue weighted by Crippen LogP contribution is -2.09. The van der Waals surface area contributed by atoms with Crippen LogP contribution in [0, 0.1) is 17.2 Å². The van der Waals surface area contributed by atoms with Crippen LogP contribution in [0.4, 0.5) is 5.69 Å². The van der Waals surface area contributed by atoms with Gasteiger partial charge in [0.2, 0.25) is 0 Å². The second-order valence-corrected chi connectivity index (χ2v) is 6.12. The first-order valence-electron chi connectivity index (χ1n) is 6.15. The molecule has 1 aromatic carbocycles. The monoisotopic (exact) mass is 259 g/mol. The van der Waals surface area contributed by atoms with Crippen molar-refractivity contribution < 1.29 is 0 Å². The fourth-order valence-corrected chi connectivity index (χ4v) is 3.20. The van der Waals surface area contributed by atoms with Crippen LogP contribution in [0.1, 0.15) is 25.8 Å². The van der Waals surface area contributed by atoms with Gasteiger partial charge < -0.3 is 5.32 Å². The molecule has 1 atom stereocenters. The molecule has 1 aliphatic rings. The fraction of sp³-hybridized carbons (Fsp3) is 0.429. The Morgan fingerprint density at radius 2 is 2.39 bits per heavy atom. The van der Waals surface area contributed by atoms with Gasteiger partial charge in [-0.2, -0.15) is 5.26 Å². The van der Waals surface area contributed by atoms with E-state index in [1.807, 2.05) is 18.2 Å². The van der Waals surface area contributed by atoms with Gasteiger partial charge in [-0.05, 0) is 30.5 Å². The Hall–Kier alpha value is -1.47. The van der Waals surface area contributed by atoms with Gasteiger partial charge in [0.25, 0.3) is 0 Å². The van der Waals surface area contributed by atoms with E-state index in [0.29, 0.717) is 16.7 Å². The molecule has 3 nitrogen and oxygen atoms in total. The van der Waals surface area contributed by atoms with Gasteiger partial charge in [-0.25, -0.2) is 0 Å². The van der Waals surface area contributed by atoms with E-state index in [1.54, 1.807) is 17.8 Å². The number of anilines is 1. The number of nitrogens with one attached hydrogen (secondary N) is 1. The highest BCUT2D eigenvalue weighted by Gasteiger charge is 2.20.